The fourth-order valence-electron chi connectivity index (χ4n) is 1.72. The third kappa shape index (κ3) is 6.02. The fraction of sp³-hybridized carbons (Fsp3) is 0.667. The largest absolute Gasteiger partial charge is 0.299 e. The van der Waals surface area contributed by atoms with Crippen molar-refractivity contribution in [2.75, 3.05) is 0 Å². The highest BCUT2D eigenvalue weighted by atomic mass is 32.1. The van der Waals surface area contributed by atoms with E-state index in [2.05, 4.69) is 0 Å². The van der Waals surface area contributed by atoms with Crippen LogP contribution in [0.3, 0.4) is 0 Å². The molecular weight excluding hydrogens is 228 g/mol. The zero-order chi connectivity index (χ0) is 12.7. The number of rotatable bonds is 2. The summed E-state index contributed by atoms with van der Waals surface area (Å²) < 4.78 is 0. The quantitative estimate of drug-likeness (QED) is 0.735. The Morgan fingerprint density at radius 1 is 1.18 bits per heavy atom. The zero-order valence-electron chi connectivity index (χ0n) is 11.3. The van der Waals surface area contributed by atoms with Gasteiger partial charge in [-0.15, -0.1) is 11.3 Å². The SMILES string of the molecule is C1CCCC1.CC(C)(C)C(=O)Cc1cccs1. The van der Waals surface area contributed by atoms with Crippen molar-refractivity contribution in [1.29, 1.82) is 0 Å². The lowest BCUT2D eigenvalue weighted by Crippen LogP contribution is -2.21. The van der Waals surface area contributed by atoms with Crippen LogP contribution in [0.2, 0.25) is 0 Å². The fourth-order valence-corrected chi connectivity index (χ4v) is 2.42. The van der Waals surface area contributed by atoms with Gasteiger partial charge >= 0.3 is 0 Å². The molecule has 96 valence electrons. The Morgan fingerprint density at radius 3 is 2.06 bits per heavy atom. The van der Waals surface area contributed by atoms with Gasteiger partial charge in [0.1, 0.15) is 5.78 Å². The normalized spacial score (nSPS) is 15.2. The summed E-state index contributed by atoms with van der Waals surface area (Å²) in [5.41, 5.74) is -0.204. The van der Waals surface area contributed by atoms with Gasteiger partial charge in [0.15, 0.2) is 0 Å². The molecule has 0 aromatic carbocycles. The van der Waals surface area contributed by atoms with Crippen molar-refractivity contribution in [2.24, 2.45) is 5.41 Å². The van der Waals surface area contributed by atoms with Crippen LogP contribution in [0.5, 0.6) is 0 Å². The van der Waals surface area contributed by atoms with E-state index in [0.717, 1.165) is 4.88 Å². The molecule has 1 fully saturated rings. The average molecular weight is 252 g/mol. The molecule has 2 heteroatoms. The maximum Gasteiger partial charge on any atom is 0.143 e. The second kappa shape index (κ2) is 6.95. The molecule has 1 saturated carbocycles. The van der Waals surface area contributed by atoms with Crippen molar-refractivity contribution in [1.82, 2.24) is 0 Å². The predicted octanol–water partition coefficient (Wildman–Crippen LogP) is 4.86. The summed E-state index contributed by atoms with van der Waals surface area (Å²) in [6, 6.07) is 3.99. The van der Waals surface area contributed by atoms with E-state index in [1.54, 1.807) is 11.3 Å². The van der Waals surface area contributed by atoms with Crippen LogP contribution in [-0.2, 0) is 11.2 Å². The van der Waals surface area contributed by atoms with E-state index in [-0.39, 0.29) is 5.41 Å². The third-order valence-electron chi connectivity index (χ3n) is 3.00. The zero-order valence-corrected chi connectivity index (χ0v) is 12.1. The van der Waals surface area contributed by atoms with Crippen LogP contribution in [0.4, 0.5) is 0 Å². The smallest absolute Gasteiger partial charge is 0.143 e. The molecule has 0 spiro atoms. The second-order valence-electron chi connectivity index (χ2n) is 5.70. The Morgan fingerprint density at radius 2 is 1.71 bits per heavy atom. The average Bonchev–Trinajstić information content (AvgIpc) is 2.91. The Hall–Kier alpha value is -0.630. The Kier molecular flexibility index (Phi) is 5.90. The monoisotopic (exact) mass is 252 g/mol. The lowest BCUT2D eigenvalue weighted by molar-refractivity contribution is -0.125. The molecule has 0 N–H and O–H groups in total. The van der Waals surface area contributed by atoms with Gasteiger partial charge in [0.25, 0.3) is 0 Å². The van der Waals surface area contributed by atoms with Crippen LogP contribution < -0.4 is 0 Å². The van der Waals surface area contributed by atoms with E-state index < -0.39 is 0 Å². The number of thiophene rings is 1. The first-order chi connectivity index (χ1) is 8.00. The van der Waals surface area contributed by atoms with Crippen LogP contribution >= 0.6 is 11.3 Å². The molecule has 0 bridgehead atoms. The third-order valence-corrected chi connectivity index (χ3v) is 3.88. The highest BCUT2D eigenvalue weighted by Gasteiger charge is 2.21. The van der Waals surface area contributed by atoms with Gasteiger partial charge in [-0.1, -0.05) is 58.9 Å². The molecule has 1 nitrogen and oxygen atoms in total. The molecule has 1 aromatic rings. The second-order valence-corrected chi connectivity index (χ2v) is 6.73. The van der Waals surface area contributed by atoms with Gasteiger partial charge in [-0.3, -0.25) is 4.79 Å². The van der Waals surface area contributed by atoms with Gasteiger partial charge in [-0.05, 0) is 11.4 Å². The molecule has 0 amide bonds. The maximum absolute atomic E-state index is 11.5. The molecule has 0 unspecified atom stereocenters. The number of carbonyl (C=O) groups excluding carboxylic acids is 1. The number of hydrogen-bond donors (Lipinski definition) is 0. The minimum absolute atomic E-state index is 0.204. The van der Waals surface area contributed by atoms with Crippen molar-refractivity contribution in [2.45, 2.75) is 59.3 Å². The highest BCUT2D eigenvalue weighted by molar-refractivity contribution is 7.10. The Labute approximate surface area is 109 Å². The first kappa shape index (κ1) is 14.4. The van der Waals surface area contributed by atoms with Gasteiger partial charge in [-0.2, -0.15) is 0 Å². The molecule has 0 atom stereocenters. The summed E-state index contributed by atoms with van der Waals surface area (Å²) in [5, 5.41) is 2.01. The number of carbonyl (C=O) groups is 1. The summed E-state index contributed by atoms with van der Waals surface area (Å²) >= 11 is 1.65. The number of hydrogen-bond acceptors (Lipinski definition) is 2. The standard InChI is InChI=1S/C10H14OS.C5H10/c1-10(2,3)9(11)7-8-5-4-6-12-8;1-2-4-5-3-1/h4-6H,7H2,1-3H3;1-5H2. The van der Waals surface area contributed by atoms with E-state index in [4.69, 9.17) is 0 Å². The first-order valence-electron chi connectivity index (χ1n) is 6.56. The summed E-state index contributed by atoms with van der Waals surface area (Å²) in [6.07, 6.45) is 8.08. The topological polar surface area (TPSA) is 17.1 Å². The number of Topliss-reactive ketones (excluding diaryl/α,β-unsaturated/α-hetero) is 1. The Bertz CT molecular complexity index is 308. The van der Waals surface area contributed by atoms with Gasteiger partial charge in [0, 0.05) is 16.7 Å². The van der Waals surface area contributed by atoms with E-state index in [1.165, 1.54) is 32.1 Å². The van der Waals surface area contributed by atoms with Gasteiger partial charge in [0.2, 0.25) is 0 Å². The minimum atomic E-state index is -0.204. The molecule has 1 aromatic heterocycles. The van der Waals surface area contributed by atoms with Crippen molar-refractivity contribution < 1.29 is 4.79 Å². The van der Waals surface area contributed by atoms with E-state index in [9.17, 15) is 4.79 Å². The van der Waals surface area contributed by atoms with Crippen LogP contribution in [0.25, 0.3) is 0 Å². The van der Waals surface area contributed by atoms with E-state index in [0.29, 0.717) is 12.2 Å². The molecule has 1 heterocycles. The summed E-state index contributed by atoms with van der Waals surface area (Å²) in [4.78, 5) is 12.7. The first-order valence-corrected chi connectivity index (χ1v) is 7.44. The van der Waals surface area contributed by atoms with Crippen molar-refractivity contribution in [3.63, 3.8) is 0 Å². The highest BCUT2D eigenvalue weighted by Crippen LogP contribution is 2.19. The van der Waals surface area contributed by atoms with Crippen LogP contribution in [-0.4, -0.2) is 5.78 Å². The Balaban J connectivity index is 0.000000239. The lowest BCUT2D eigenvalue weighted by atomic mass is 9.89. The van der Waals surface area contributed by atoms with Crippen LogP contribution in [0.15, 0.2) is 17.5 Å². The molecular formula is C15H24OS. The van der Waals surface area contributed by atoms with Crippen molar-refractivity contribution >= 4 is 17.1 Å². The summed E-state index contributed by atoms with van der Waals surface area (Å²) in [5.74, 6) is 0.310. The van der Waals surface area contributed by atoms with Gasteiger partial charge < -0.3 is 0 Å². The molecule has 2 rings (SSSR count). The lowest BCUT2D eigenvalue weighted by Gasteiger charge is -2.15. The van der Waals surface area contributed by atoms with Crippen LogP contribution in [0.1, 0.15) is 57.8 Å². The van der Waals surface area contributed by atoms with E-state index in [1.807, 2.05) is 38.3 Å². The summed E-state index contributed by atoms with van der Waals surface area (Å²) in [7, 11) is 0. The molecule has 0 aliphatic heterocycles. The molecule has 1 aliphatic rings. The van der Waals surface area contributed by atoms with Gasteiger partial charge in [0.05, 0.1) is 0 Å². The summed E-state index contributed by atoms with van der Waals surface area (Å²) in [6.45, 7) is 5.88. The molecule has 17 heavy (non-hydrogen) atoms. The maximum atomic E-state index is 11.5. The molecule has 0 radical (unpaired) electrons. The van der Waals surface area contributed by atoms with Gasteiger partial charge in [-0.25, -0.2) is 0 Å². The van der Waals surface area contributed by atoms with E-state index >= 15 is 0 Å². The predicted molar refractivity (Wildman–Crippen MR) is 75.6 cm³/mol. The molecule has 0 saturated heterocycles. The van der Waals surface area contributed by atoms with Crippen molar-refractivity contribution in [3.8, 4) is 0 Å². The number of ketones is 1. The molecule has 1 aliphatic carbocycles. The van der Waals surface area contributed by atoms with Crippen LogP contribution in [0, 0.1) is 5.41 Å². The minimum Gasteiger partial charge on any atom is -0.299 e. The van der Waals surface area contributed by atoms with Crippen molar-refractivity contribution in [3.05, 3.63) is 22.4 Å².